The molecule has 112 valence electrons. The van der Waals surface area contributed by atoms with E-state index in [4.69, 9.17) is 23.2 Å². The number of carboxylic acids is 1. The third kappa shape index (κ3) is 2.49. The molecular formula is C14H14Cl2N2O3. The SMILES string of the molecule is O=C(O)C1C2CCCC2CN1C(=O)c1nc(Cl)ccc1Cl. The van der Waals surface area contributed by atoms with Crippen molar-refractivity contribution in [3.05, 3.63) is 28.0 Å². The molecule has 3 rings (SSSR count). The molecule has 3 atom stereocenters. The summed E-state index contributed by atoms with van der Waals surface area (Å²) in [6.45, 7) is 0.449. The number of hydrogen-bond donors (Lipinski definition) is 1. The van der Waals surface area contributed by atoms with Crippen molar-refractivity contribution >= 4 is 35.1 Å². The number of carbonyl (C=O) groups excluding carboxylic acids is 1. The molecule has 0 spiro atoms. The van der Waals surface area contributed by atoms with Gasteiger partial charge in [-0.2, -0.15) is 0 Å². The van der Waals surface area contributed by atoms with E-state index in [1.807, 2.05) is 0 Å². The topological polar surface area (TPSA) is 70.5 Å². The Morgan fingerprint density at radius 2 is 2.05 bits per heavy atom. The first-order valence-electron chi connectivity index (χ1n) is 6.85. The Morgan fingerprint density at radius 3 is 2.76 bits per heavy atom. The summed E-state index contributed by atoms with van der Waals surface area (Å²) in [5, 5.41) is 9.82. The molecule has 1 aliphatic carbocycles. The third-order valence-corrected chi connectivity index (χ3v) is 4.93. The van der Waals surface area contributed by atoms with Crippen molar-refractivity contribution in [2.75, 3.05) is 6.54 Å². The first-order chi connectivity index (χ1) is 9.99. The number of hydrogen-bond acceptors (Lipinski definition) is 3. The van der Waals surface area contributed by atoms with Gasteiger partial charge in [0, 0.05) is 6.54 Å². The lowest BCUT2D eigenvalue weighted by Gasteiger charge is -2.24. The highest BCUT2D eigenvalue weighted by molar-refractivity contribution is 6.34. The Kier molecular flexibility index (Phi) is 3.80. The number of aromatic nitrogens is 1. The number of rotatable bonds is 2. The van der Waals surface area contributed by atoms with Crippen LogP contribution in [0.25, 0.3) is 0 Å². The van der Waals surface area contributed by atoms with Crippen LogP contribution >= 0.6 is 23.2 Å². The Hall–Kier alpha value is -1.33. The van der Waals surface area contributed by atoms with E-state index >= 15 is 0 Å². The molecule has 1 aliphatic heterocycles. The summed E-state index contributed by atoms with van der Waals surface area (Å²) in [5.41, 5.74) is 0.0235. The van der Waals surface area contributed by atoms with Crippen molar-refractivity contribution < 1.29 is 14.7 Å². The zero-order chi connectivity index (χ0) is 15.1. The van der Waals surface area contributed by atoms with Crippen LogP contribution in [0.4, 0.5) is 0 Å². The number of amides is 1. The van der Waals surface area contributed by atoms with Crippen LogP contribution in [0.3, 0.4) is 0 Å². The second kappa shape index (κ2) is 5.46. The standard InChI is InChI=1S/C14H14Cl2N2O3/c15-9-4-5-10(16)17-11(9)13(19)18-6-7-2-1-3-8(7)12(18)14(20)21/h4-5,7-8,12H,1-3,6H2,(H,20,21). The molecule has 0 aromatic carbocycles. The summed E-state index contributed by atoms with van der Waals surface area (Å²) in [5.74, 6) is -1.13. The summed E-state index contributed by atoms with van der Waals surface area (Å²) in [6.07, 6.45) is 2.84. The number of carbonyl (C=O) groups is 2. The van der Waals surface area contributed by atoms with E-state index in [1.54, 1.807) is 0 Å². The maximum absolute atomic E-state index is 12.6. The summed E-state index contributed by atoms with van der Waals surface area (Å²) in [4.78, 5) is 29.5. The molecule has 7 heteroatoms. The molecule has 2 heterocycles. The van der Waals surface area contributed by atoms with E-state index in [0.717, 1.165) is 19.3 Å². The van der Waals surface area contributed by atoms with E-state index in [9.17, 15) is 14.7 Å². The largest absolute Gasteiger partial charge is 0.480 e. The van der Waals surface area contributed by atoms with Gasteiger partial charge in [-0.05, 0) is 36.8 Å². The fourth-order valence-corrected chi connectivity index (χ4v) is 3.87. The van der Waals surface area contributed by atoms with Gasteiger partial charge >= 0.3 is 5.97 Å². The molecular weight excluding hydrogens is 315 g/mol. The molecule has 1 saturated heterocycles. The van der Waals surface area contributed by atoms with Gasteiger partial charge in [-0.1, -0.05) is 29.6 Å². The van der Waals surface area contributed by atoms with Crippen molar-refractivity contribution in [1.29, 1.82) is 0 Å². The van der Waals surface area contributed by atoms with E-state index in [2.05, 4.69) is 4.98 Å². The highest BCUT2D eigenvalue weighted by Crippen LogP contribution is 2.42. The van der Waals surface area contributed by atoms with Crippen molar-refractivity contribution in [3.8, 4) is 0 Å². The minimum atomic E-state index is -0.962. The average molecular weight is 329 g/mol. The van der Waals surface area contributed by atoms with E-state index in [0.29, 0.717) is 6.54 Å². The van der Waals surface area contributed by atoms with Gasteiger partial charge < -0.3 is 10.0 Å². The number of carboxylic acid groups (broad SMARTS) is 1. The molecule has 0 bridgehead atoms. The number of aliphatic carboxylic acids is 1. The van der Waals surface area contributed by atoms with Gasteiger partial charge in [-0.15, -0.1) is 0 Å². The zero-order valence-electron chi connectivity index (χ0n) is 11.1. The lowest BCUT2D eigenvalue weighted by Crippen LogP contribution is -2.43. The fraction of sp³-hybridized carbons (Fsp3) is 0.500. The van der Waals surface area contributed by atoms with Gasteiger partial charge in [0.25, 0.3) is 5.91 Å². The van der Waals surface area contributed by atoms with Gasteiger partial charge in [0.2, 0.25) is 0 Å². The first-order valence-corrected chi connectivity index (χ1v) is 7.60. The molecule has 3 unspecified atom stereocenters. The summed E-state index contributed by atoms with van der Waals surface area (Å²) in [7, 11) is 0. The molecule has 21 heavy (non-hydrogen) atoms. The lowest BCUT2D eigenvalue weighted by atomic mass is 9.94. The van der Waals surface area contributed by atoms with Crippen LogP contribution in [0.15, 0.2) is 12.1 Å². The molecule has 2 aliphatic rings. The second-order valence-corrected chi connectivity index (χ2v) is 6.35. The van der Waals surface area contributed by atoms with Crippen LogP contribution < -0.4 is 0 Å². The summed E-state index contributed by atoms with van der Waals surface area (Å²) in [6, 6.07) is 2.20. The Bertz CT molecular complexity index is 608. The van der Waals surface area contributed by atoms with E-state index in [1.165, 1.54) is 17.0 Å². The number of likely N-dealkylation sites (tertiary alicyclic amines) is 1. The first kappa shape index (κ1) is 14.6. The smallest absolute Gasteiger partial charge is 0.326 e. The van der Waals surface area contributed by atoms with Crippen LogP contribution in [0.5, 0.6) is 0 Å². The summed E-state index contributed by atoms with van der Waals surface area (Å²) < 4.78 is 0. The highest BCUT2D eigenvalue weighted by atomic mass is 35.5. The molecule has 1 saturated carbocycles. The van der Waals surface area contributed by atoms with Crippen LogP contribution in [0.2, 0.25) is 10.2 Å². The predicted molar refractivity (Wildman–Crippen MR) is 77.5 cm³/mol. The minimum Gasteiger partial charge on any atom is -0.480 e. The van der Waals surface area contributed by atoms with Crippen molar-refractivity contribution in [1.82, 2.24) is 9.88 Å². The maximum atomic E-state index is 12.6. The highest BCUT2D eigenvalue weighted by Gasteiger charge is 2.50. The lowest BCUT2D eigenvalue weighted by molar-refractivity contribution is -0.142. The van der Waals surface area contributed by atoms with Crippen molar-refractivity contribution in [2.24, 2.45) is 11.8 Å². The van der Waals surface area contributed by atoms with Crippen LogP contribution in [0.1, 0.15) is 29.8 Å². The van der Waals surface area contributed by atoms with Crippen molar-refractivity contribution in [3.63, 3.8) is 0 Å². The number of pyridine rings is 1. The molecule has 1 amide bonds. The molecule has 1 aromatic rings. The maximum Gasteiger partial charge on any atom is 0.326 e. The van der Waals surface area contributed by atoms with Gasteiger partial charge in [-0.25, -0.2) is 9.78 Å². The fourth-order valence-electron chi connectivity index (χ4n) is 3.54. The van der Waals surface area contributed by atoms with Gasteiger partial charge in [0.1, 0.15) is 16.9 Å². The Morgan fingerprint density at radius 1 is 1.29 bits per heavy atom. The predicted octanol–water partition coefficient (Wildman–Crippen LogP) is 2.71. The molecule has 1 aromatic heterocycles. The Labute approximate surface area is 131 Å². The average Bonchev–Trinajstić information content (AvgIpc) is 3.00. The van der Waals surface area contributed by atoms with Gasteiger partial charge in [0.05, 0.1) is 5.02 Å². The number of nitrogens with zero attached hydrogens (tertiary/aromatic N) is 2. The molecule has 2 fully saturated rings. The van der Waals surface area contributed by atoms with E-state index < -0.39 is 17.9 Å². The molecule has 1 N–H and O–H groups in total. The second-order valence-electron chi connectivity index (χ2n) is 5.56. The normalized spacial score (nSPS) is 27.7. The third-order valence-electron chi connectivity index (χ3n) is 4.42. The van der Waals surface area contributed by atoms with Crippen LogP contribution in [-0.4, -0.2) is 39.5 Å². The van der Waals surface area contributed by atoms with Gasteiger partial charge in [-0.3, -0.25) is 4.79 Å². The molecule has 0 radical (unpaired) electrons. The monoisotopic (exact) mass is 328 g/mol. The Balaban J connectivity index is 1.93. The van der Waals surface area contributed by atoms with Crippen molar-refractivity contribution in [2.45, 2.75) is 25.3 Å². The van der Waals surface area contributed by atoms with Crippen LogP contribution in [0, 0.1) is 11.8 Å². The summed E-state index contributed by atoms with van der Waals surface area (Å²) >= 11 is 11.8. The number of fused-ring (bicyclic) bond motifs is 1. The quantitative estimate of drug-likeness (QED) is 0.847. The molecule has 5 nitrogen and oxygen atoms in total. The van der Waals surface area contributed by atoms with Crippen LogP contribution in [-0.2, 0) is 4.79 Å². The number of halogens is 2. The van der Waals surface area contributed by atoms with Gasteiger partial charge in [0.15, 0.2) is 0 Å². The van der Waals surface area contributed by atoms with E-state index in [-0.39, 0.29) is 27.7 Å². The minimum absolute atomic E-state index is 0.0235. The zero-order valence-corrected chi connectivity index (χ0v) is 12.6.